The summed E-state index contributed by atoms with van der Waals surface area (Å²) in [6, 6.07) is 7.40. The maximum absolute atomic E-state index is 12.0. The number of carbonyl (C=O) groups excluding carboxylic acids is 3. The third-order valence-electron chi connectivity index (χ3n) is 5.69. The number of nitrogens with zero attached hydrogens (tertiary/aromatic N) is 2. The Morgan fingerprint density at radius 3 is 2.30 bits per heavy atom. The van der Waals surface area contributed by atoms with Crippen molar-refractivity contribution in [1.29, 1.82) is 0 Å². The Morgan fingerprint density at radius 2 is 1.73 bits per heavy atom. The van der Waals surface area contributed by atoms with E-state index in [-0.39, 0.29) is 32.0 Å². The van der Waals surface area contributed by atoms with Crippen LogP contribution in [0.2, 0.25) is 0 Å². The van der Waals surface area contributed by atoms with Crippen LogP contribution in [-0.4, -0.2) is 61.4 Å². The second kappa shape index (κ2) is 9.55. The van der Waals surface area contributed by atoms with Crippen LogP contribution in [0.5, 0.6) is 0 Å². The normalized spacial score (nSPS) is 25.9. The van der Waals surface area contributed by atoms with E-state index >= 15 is 0 Å². The van der Waals surface area contributed by atoms with E-state index in [9.17, 15) is 24.6 Å². The highest BCUT2D eigenvalue weighted by Gasteiger charge is 2.34. The maximum atomic E-state index is 12.0. The van der Waals surface area contributed by atoms with Crippen LogP contribution >= 0.6 is 0 Å². The van der Waals surface area contributed by atoms with Gasteiger partial charge in [-0.3, -0.25) is 9.59 Å². The van der Waals surface area contributed by atoms with Crippen molar-refractivity contribution in [3.8, 4) is 0 Å². The molecule has 0 radical (unpaired) electrons. The minimum Gasteiger partial charge on any atom is -0.851 e. The summed E-state index contributed by atoms with van der Waals surface area (Å²) in [5.74, 6) is -2.69. The van der Waals surface area contributed by atoms with Crippen LogP contribution in [0.4, 0.5) is 5.69 Å². The molecule has 1 saturated carbocycles. The molecule has 1 aliphatic carbocycles. The van der Waals surface area contributed by atoms with E-state index in [1.165, 1.54) is 0 Å². The van der Waals surface area contributed by atoms with E-state index in [0.717, 1.165) is 11.3 Å². The monoisotopic (exact) mass is 418 g/mol. The van der Waals surface area contributed by atoms with Crippen LogP contribution < -0.4 is 15.1 Å². The number of anilines is 1. The SMILES string of the molecule is CCN(CCOCC(=O)ON1C(=O)CCC1=O)c1ccc(C2C([O-])C(C)C2[O-])cc1. The number of imide groups is 1. The molecule has 1 aromatic rings. The molecule has 9 nitrogen and oxygen atoms in total. The van der Waals surface area contributed by atoms with Gasteiger partial charge in [-0.2, -0.15) is 0 Å². The Kier molecular flexibility index (Phi) is 7.06. The lowest BCUT2D eigenvalue weighted by Crippen LogP contribution is -2.64. The number of ether oxygens (including phenoxy) is 1. The van der Waals surface area contributed by atoms with Crippen molar-refractivity contribution in [1.82, 2.24) is 5.06 Å². The highest BCUT2D eigenvalue weighted by atomic mass is 16.7. The van der Waals surface area contributed by atoms with Crippen molar-refractivity contribution >= 4 is 23.5 Å². The van der Waals surface area contributed by atoms with Gasteiger partial charge in [0.15, 0.2) is 0 Å². The van der Waals surface area contributed by atoms with E-state index in [0.29, 0.717) is 18.2 Å². The standard InChI is InChI=1S/C21H26N2O7/c1-3-22(10-11-29-12-18(26)30-23-16(24)8-9-17(23)25)15-6-4-14(5-7-15)19-20(27)13(2)21(19)28/h4-7,13,19-21H,3,8-12H2,1-2H3/q-2. The first kappa shape index (κ1) is 22.2. The third-order valence-corrected chi connectivity index (χ3v) is 5.69. The van der Waals surface area contributed by atoms with Crippen molar-refractivity contribution in [3.05, 3.63) is 29.8 Å². The number of likely N-dealkylation sites (N-methyl/N-ethyl adjacent to an activating group) is 1. The van der Waals surface area contributed by atoms with Crippen molar-refractivity contribution in [3.63, 3.8) is 0 Å². The summed E-state index contributed by atoms with van der Waals surface area (Å²) in [5, 5.41) is 24.5. The van der Waals surface area contributed by atoms with E-state index < -0.39 is 35.9 Å². The molecule has 2 aliphatic rings. The Morgan fingerprint density at radius 1 is 1.13 bits per heavy atom. The molecule has 2 fully saturated rings. The minimum absolute atomic E-state index is 0.0436. The van der Waals surface area contributed by atoms with Crippen LogP contribution in [0, 0.1) is 5.92 Å². The lowest BCUT2D eigenvalue weighted by atomic mass is 9.67. The predicted molar refractivity (Wildman–Crippen MR) is 102 cm³/mol. The van der Waals surface area contributed by atoms with E-state index in [4.69, 9.17) is 9.57 Å². The number of hydrogen-bond donors (Lipinski definition) is 0. The van der Waals surface area contributed by atoms with Crippen molar-refractivity contribution < 1.29 is 34.2 Å². The minimum atomic E-state index is -0.847. The average molecular weight is 418 g/mol. The fraction of sp³-hybridized carbons (Fsp3) is 0.571. The summed E-state index contributed by atoms with van der Waals surface area (Å²) < 4.78 is 5.31. The summed E-state index contributed by atoms with van der Waals surface area (Å²) in [6.07, 6.45) is -1.61. The molecule has 30 heavy (non-hydrogen) atoms. The molecule has 0 bridgehead atoms. The molecule has 0 spiro atoms. The summed E-state index contributed by atoms with van der Waals surface area (Å²) >= 11 is 0. The Bertz CT molecular complexity index is 756. The molecule has 3 rings (SSSR count). The fourth-order valence-corrected chi connectivity index (χ4v) is 3.76. The Hall–Kier alpha value is -2.49. The van der Waals surface area contributed by atoms with Gasteiger partial charge in [-0.15, -0.1) is 17.3 Å². The molecule has 1 heterocycles. The molecule has 1 saturated heterocycles. The van der Waals surface area contributed by atoms with E-state index in [2.05, 4.69) is 0 Å². The Labute approximate surface area is 175 Å². The first-order chi connectivity index (χ1) is 14.3. The largest absolute Gasteiger partial charge is 0.851 e. The topological polar surface area (TPSA) is 122 Å². The van der Waals surface area contributed by atoms with Gasteiger partial charge in [0, 0.05) is 31.6 Å². The molecule has 2 atom stereocenters. The average Bonchev–Trinajstić information content (AvgIpc) is 3.06. The zero-order valence-electron chi connectivity index (χ0n) is 17.1. The number of rotatable bonds is 9. The maximum Gasteiger partial charge on any atom is 0.358 e. The number of hydroxylamine groups is 2. The molecule has 0 aromatic heterocycles. The van der Waals surface area contributed by atoms with E-state index in [1.807, 2.05) is 36.1 Å². The first-order valence-corrected chi connectivity index (χ1v) is 10.1. The fourth-order valence-electron chi connectivity index (χ4n) is 3.76. The number of benzene rings is 1. The first-order valence-electron chi connectivity index (χ1n) is 10.1. The number of hydrogen-bond acceptors (Lipinski definition) is 8. The molecule has 164 valence electrons. The van der Waals surface area contributed by atoms with Crippen molar-refractivity contribution in [2.45, 2.75) is 44.8 Å². The summed E-state index contributed by atoms with van der Waals surface area (Å²) in [4.78, 5) is 41.3. The second-order valence-electron chi connectivity index (χ2n) is 7.58. The van der Waals surface area contributed by atoms with Gasteiger partial charge in [-0.25, -0.2) is 4.79 Å². The third kappa shape index (κ3) is 4.63. The molecule has 0 N–H and O–H groups in total. The number of amides is 2. The van der Waals surface area contributed by atoms with Gasteiger partial charge >= 0.3 is 5.97 Å². The van der Waals surface area contributed by atoms with Crippen molar-refractivity contribution in [2.75, 3.05) is 31.2 Å². The smallest absolute Gasteiger partial charge is 0.358 e. The van der Waals surface area contributed by atoms with E-state index in [1.54, 1.807) is 6.92 Å². The highest BCUT2D eigenvalue weighted by molar-refractivity contribution is 6.01. The zero-order chi connectivity index (χ0) is 21.8. The van der Waals surface area contributed by atoms with Crippen LogP contribution in [-0.2, 0) is 24.0 Å². The quantitative estimate of drug-likeness (QED) is 0.382. The summed E-state index contributed by atoms with van der Waals surface area (Å²) in [5.41, 5.74) is 1.69. The summed E-state index contributed by atoms with van der Waals surface area (Å²) in [7, 11) is 0. The molecular formula is C21H26N2O7-2. The summed E-state index contributed by atoms with van der Waals surface area (Å²) in [6.45, 7) is 4.73. The van der Waals surface area contributed by atoms with Gasteiger partial charge in [-0.1, -0.05) is 25.0 Å². The molecule has 2 amide bonds. The van der Waals surface area contributed by atoms with Crippen molar-refractivity contribution in [2.24, 2.45) is 5.92 Å². The lowest BCUT2D eigenvalue weighted by molar-refractivity contribution is -0.547. The van der Waals surface area contributed by atoms with Crippen LogP contribution in [0.1, 0.15) is 38.2 Å². The van der Waals surface area contributed by atoms with Gasteiger partial charge in [0.1, 0.15) is 6.61 Å². The van der Waals surface area contributed by atoms with Gasteiger partial charge in [0.25, 0.3) is 11.8 Å². The number of carbonyl (C=O) groups is 3. The van der Waals surface area contributed by atoms with Crippen LogP contribution in [0.3, 0.4) is 0 Å². The van der Waals surface area contributed by atoms with Gasteiger partial charge < -0.3 is 24.7 Å². The van der Waals surface area contributed by atoms with Gasteiger partial charge in [-0.05, 0) is 30.5 Å². The highest BCUT2D eigenvalue weighted by Crippen LogP contribution is 2.39. The molecule has 1 aromatic carbocycles. The second-order valence-corrected chi connectivity index (χ2v) is 7.58. The predicted octanol–water partition coefficient (Wildman–Crippen LogP) is -0.672. The lowest BCUT2D eigenvalue weighted by Gasteiger charge is -2.60. The van der Waals surface area contributed by atoms with Gasteiger partial charge in [0.05, 0.1) is 6.61 Å². The zero-order valence-corrected chi connectivity index (χ0v) is 17.1. The molecule has 2 unspecified atom stereocenters. The Balaban J connectivity index is 1.44. The van der Waals surface area contributed by atoms with Crippen LogP contribution in [0.15, 0.2) is 24.3 Å². The molecular weight excluding hydrogens is 392 g/mol. The molecule has 9 heteroatoms. The molecule has 1 aliphatic heterocycles. The van der Waals surface area contributed by atoms with Gasteiger partial charge in [0.2, 0.25) is 0 Å². The van der Waals surface area contributed by atoms with Crippen LogP contribution in [0.25, 0.3) is 0 Å².